The summed E-state index contributed by atoms with van der Waals surface area (Å²) in [5, 5.41) is 0. The number of benzene rings is 1. The smallest absolute Gasteiger partial charge is 0.379 e. The van der Waals surface area contributed by atoms with Gasteiger partial charge in [0.25, 0.3) is 0 Å². The molecule has 0 aliphatic rings. The number of rotatable bonds is 6. The van der Waals surface area contributed by atoms with E-state index >= 15 is 0 Å². The monoisotopic (exact) mass is 461 g/mol. The second-order valence-electron chi connectivity index (χ2n) is 6.65. The number of carbonyl (C=O) groups is 1. The van der Waals surface area contributed by atoms with Crippen LogP contribution < -0.4 is 4.72 Å². The molecule has 10 heteroatoms. The molecule has 0 bridgehead atoms. The Morgan fingerprint density at radius 3 is 2.23 bits per heavy atom. The van der Waals surface area contributed by atoms with Crippen molar-refractivity contribution in [1.29, 1.82) is 0 Å². The summed E-state index contributed by atoms with van der Waals surface area (Å²) in [7, 11) is 0. The highest BCUT2D eigenvalue weighted by Crippen LogP contribution is 2.42. The Morgan fingerprint density at radius 2 is 1.77 bits per heavy atom. The van der Waals surface area contributed by atoms with Crippen LogP contribution in [0.5, 0.6) is 0 Å². The topological polar surface area (TPSA) is 61.4 Å². The van der Waals surface area contributed by atoms with Gasteiger partial charge in [-0.1, -0.05) is 0 Å². The molecule has 0 saturated heterocycles. The van der Waals surface area contributed by atoms with Crippen LogP contribution in [0.4, 0.5) is 17.6 Å². The van der Waals surface area contributed by atoms with Gasteiger partial charge < -0.3 is 9.29 Å². The van der Waals surface area contributed by atoms with Crippen LogP contribution in [0.2, 0.25) is 0 Å². The third kappa shape index (κ3) is 4.52. The van der Waals surface area contributed by atoms with Crippen LogP contribution in [-0.4, -0.2) is 27.8 Å². The number of nitrogens with one attached hydrogen (secondary N) is 1. The molecule has 0 fully saturated rings. The first-order valence-corrected chi connectivity index (χ1v) is 9.52. The van der Waals surface area contributed by atoms with E-state index in [1.54, 1.807) is 0 Å². The summed E-state index contributed by atoms with van der Waals surface area (Å²) >= 11 is 0.699. The second-order valence-corrected chi connectivity index (χ2v) is 9.47. The van der Waals surface area contributed by atoms with E-state index in [1.165, 1.54) is 27.7 Å². The lowest BCUT2D eigenvalue weighted by Crippen LogP contribution is -2.62. The average molecular weight is 462 g/mol. The maximum absolute atomic E-state index is 15.0. The fourth-order valence-corrected chi connectivity index (χ4v) is 3.22. The Bertz CT molecular complexity index is 684. The van der Waals surface area contributed by atoms with Crippen molar-refractivity contribution in [3.05, 3.63) is 33.8 Å². The first kappa shape index (κ1) is 23.2. The minimum atomic E-state index is -4.30. The largest absolute Gasteiger partial charge is 0.598 e. The van der Waals surface area contributed by atoms with Gasteiger partial charge in [0.1, 0.15) is 16.4 Å². The van der Waals surface area contributed by atoms with E-state index < -0.39 is 50.7 Å². The molecule has 0 spiro atoms. The van der Waals surface area contributed by atoms with Crippen LogP contribution in [0.1, 0.15) is 40.2 Å². The standard InChI is InChI=1S/C16H20BrF4NO3S/c1-6-25-13(23)16(20,21)15(5,22-26(24)14(2,3)4)9-7-10(17)12(19)8-11(9)18/h7-8,22H,6H2,1-5H3/t15-,26?/m1/s1. The third-order valence-electron chi connectivity index (χ3n) is 3.56. The summed E-state index contributed by atoms with van der Waals surface area (Å²) in [6.07, 6.45) is 0. The number of ether oxygens (including phenoxy) is 1. The van der Waals surface area contributed by atoms with E-state index in [-0.39, 0.29) is 11.1 Å². The summed E-state index contributed by atoms with van der Waals surface area (Å²) in [6.45, 7) is 6.35. The molecule has 0 amide bonds. The second kappa shape index (κ2) is 8.04. The van der Waals surface area contributed by atoms with Crippen LogP contribution in [0.25, 0.3) is 0 Å². The Kier molecular flexibility index (Phi) is 7.17. The van der Waals surface area contributed by atoms with Gasteiger partial charge in [0, 0.05) is 23.0 Å². The van der Waals surface area contributed by atoms with E-state index in [4.69, 9.17) is 0 Å². The molecule has 0 aliphatic heterocycles. The highest BCUT2D eigenvalue weighted by Gasteiger charge is 2.62. The molecule has 0 aliphatic carbocycles. The van der Waals surface area contributed by atoms with Crippen molar-refractivity contribution in [2.24, 2.45) is 0 Å². The number of esters is 1. The van der Waals surface area contributed by atoms with Gasteiger partial charge in [-0.05, 0) is 56.6 Å². The molecule has 148 valence electrons. The minimum Gasteiger partial charge on any atom is -0.598 e. The van der Waals surface area contributed by atoms with Gasteiger partial charge in [0.2, 0.25) is 0 Å². The van der Waals surface area contributed by atoms with Crippen molar-refractivity contribution in [3.8, 4) is 0 Å². The molecule has 1 rings (SSSR count). The molecule has 1 N–H and O–H groups in total. The number of halogens is 5. The lowest BCUT2D eigenvalue weighted by Gasteiger charge is -2.38. The first-order chi connectivity index (χ1) is 11.7. The SMILES string of the molecule is CCOC(=O)C(F)(F)[C@](C)(N[S+]([O-])C(C)(C)C)c1cc(Br)c(F)cc1F. The molecule has 0 aromatic heterocycles. The van der Waals surface area contributed by atoms with E-state index in [9.17, 15) is 26.9 Å². The fourth-order valence-electron chi connectivity index (χ4n) is 1.96. The summed E-state index contributed by atoms with van der Waals surface area (Å²) in [5.41, 5.74) is -3.50. The van der Waals surface area contributed by atoms with Gasteiger partial charge in [-0.25, -0.2) is 13.6 Å². The van der Waals surface area contributed by atoms with Crippen molar-refractivity contribution in [3.63, 3.8) is 0 Å². The van der Waals surface area contributed by atoms with Gasteiger partial charge in [0.05, 0.1) is 11.1 Å². The molecule has 0 radical (unpaired) electrons. The van der Waals surface area contributed by atoms with Crippen LogP contribution in [0, 0.1) is 11.6 Å². The van der Waals surface area contributed by atoms with Gasteiger partial charge >= 0.3 is 11.9 Å². The molecular weight excluding hydrogens is 442 g/mol. The van der Waals surface area contributed by atoms with Crippen LogP contribution >= 0.6 is 15.9 Å². The lowest BCUT2D eigenvalue weighted by atomic mass is 9.86. The van der Waals surface area contributed by atoms with Crippen LogP contribution in [0.15, 0.2) is 16.6 Å². The third-order valence-corrected chi connectivity index (χ3v) is 5.88. The summed E-state index contributed by atoms with van der Waals surface area (Å²) < 4.78 is 75.5. The Hall–Kier alpha value is -0.840. The maximum atomic E-state index is 15.0. The number of alkyl halides is 2. The number of hydrogen-bond acceptors (Lipinski definition) is 4. The van der Waals surface area contributed by atoms with Crippen molar-refractivity contribution < 1.29 is 31.6 Å². The van der Waals surface area contributed by atoms with Gasteiger partial charge in [0.15, 0.2) is 5.54 Å². The zero-order valence-corrected chi connectivity index (χ0v) is 17.3. The van der Waals surface area contributed by atoms with E-state index in [1.807, 2.05) is 0 Å². The van der Waals surface area contributed by atoms with Crippen molar-refractivity contribution in [2.75, 3.05) is 6.61 Å². The van der Waals surface area contributed by atoms with Crippen LogP contribution in [-0.2, 0) is 26.4 Å². The van der Waals surface area contributed by atoms with Gasteiger partial charge in [-0.2, -0.15) is 8.78 Å². The maximum Gasteiger partial charge on any atom is 0.379 e. The van der Waals surface area contributed by atoms with E-state index in [0.717, 1.165) is 13.0 Å². The Labute approximate surface area is 161 Å². The highest BCUT2D eigenvalue weighted by atomic mass is 79.9. The zero-order valence-electron chi connectivity index (χ0n) is 14.9. The highest BCUT2D eigenvalue weighted by molar-refractivity contribution is 9.10. The summed E-state index contributed by atoms with van der Waals surface area (Å²) in [4.78, 5) is 11.9. The molecule has 4 nitrogen and oxygen atoms in total. The predicted octanol–water partition coefficient (Wildman–Crippen LogP) is 4.19. The van der Waals surface area contributed by atoms with E-state index in [0.29, 0.717) is 6.07 Å². The molecule has 26 heavy (non-hydrogen) atoms. The molecule has 0 saturated carbocycles. The zero-order chi connectivity index (χ0) is 20.5. The number of hydrogen-bond donors (Lipinski definition) is 1. The molecular formula is C16H20BrF4NO3S. The fraction of sp³-hybridized carbons (Fsp3) is 0.562. The Morgan fingerprint density at radius 1 is 1.23 bits per heavy atom. The minimum absolute atomic E-state index is 0.289. The van der Waals surface area contributed by atoms with Crippen LogP contribution in [0.3, 0.4) is 0 Å². The normalized spacial score (nSPS) is 16.1. The molecule has 1 aromatic rings. The van der Waals surface area contributed by atoms with Gasteiger partial charge in [-0.15, -0.1) is 4.72 Å². The van der Waals surface area contributed by atoms with E-state index in [2.05, 4.69) is 25.4 Å². The number of carbonyl (C=O) groups excluding carboxylic acids is 1. The van der Waals surface area contributed by atoms with Crippen molar-refractivity contribution in [1.82, 2.24) is 4.72 Å². The lowest BCUT2D eigenvalue weighted by molar-refractivity contribution is -0.183. The quantitative estimate of drug-likeness (QED) is 0.298. The first-order valence-electron chi connectivity index (χ1n) is 7.58. The van der Waals surface area contributed by atoms with Crippen molar-refractivity contribution in [2.45, 2.75) is 50.8 Å². The molecule has 2 atom stereocenters. The van der Waals surface area contributed by atoms with Crippen molar-refractivity contribution >= 4 is 33.3 Å². The molecule has 0 heterocycles. The molecule has 1 unspecified atom stereocenters. The average Bonchev–Trinajstić information content (AvgIpc) is 2.49. The molecule has 1 aromatic carbocycles. The Balaban J connectivity index is 3.62. The summed E-state index contributed by atoms with van der Waals surface area (Å²) in [6, 6.07) is 1.19. The van der Waals surface area contributed by atoms with Gasteiger partial charge in [-0.3, -0.25) is 0 Å². The summed E-state index contributed by atoms with van der Waals surface area (Å²) in [5.74, 6) is -8.55. The predicted molar refractivity (Wildman–Crippen MR) is 94.0 cm³/mol.